The number of carbonyl (C=O) groups excluding carboxylic acids is 2. The lowest BCUT2D eigenvalue weighted by atomic mass is 9.95. The summed E-state index contributed by atoms with van der Waals surface area (Å²) in [5.41, 5.74) is 0.719. The number of pyridine rings is 1. The molecule has 1 fully saturated rings. The number of thiazole rings is 1. The third-order valence-electron chi connectivity index (χ3n) is 5.14. The molecule has 1 atom stereocenters. The normalized spacial score (nSPS) is 17.9. The summed E-state index contributed by atoms with van der Waals surface area (Å²) in [6, 6.07) is 12.7. The van der Waals surface area contributed by atoms with Crippen molar-refractivity contribution in [1.29, 1.82) is 0 Å². The molecule has 1 aliphatic heterocycles. The number of aliphatic hydroxyl groups is 1. The number of Topliss-reactive ketones (excluding diaryl/α,β-unsaturated/α-hetero) is 1. The second-order valence-corrected chi connectivity index (χ2v) is 8.48. The molecular formula is C23H13ClFN3O3S. The predicted octanol–water partition coefficient (Wildman–Crippen LogP) is 5.11. The largest absolute Gasteiger partial charge is 0.507 e. The molecule has 0 aliphatic carbocycles. The summed E-state index contributed by atoms with van der Waals surface area (Å²) in [5, 5.41) is 11.7. The number of halogens is 2. The molecule has 1 saturated heterocycles. The predicted molar refractivity (Wildman–Crippen MR) is 120 cm³/mol. The number of benzene rings is 2. The van der Waals surface area contributed by atoms with Crippen molar-refractivity contribution in [1.82, 2.24) is 9.97 Å². The number of aliphatic hydroxyl groups excluding tert-OH is 1. The minimum Gasteiger partial charge on any atom is -0.507 e. The first-order valence-corrected chi connectivity index (χ1v) is 10.7. The number of anilines is 1. The second kappa shape index (κ2) is 7.81. The van der Waals surface area contributed by atoms with E-state index < -0.39 is 29.3 Å². The average Bonchev–Trinajstić information content (AvgIpc) is 3.32. The number of ketones is 1. The molecule has 1 amide bonds. The third-order valence-corrected chi connectivity index (χ3v) is 6.40. The van der Waals surface area contributed by atoms with Gasteiger partial charge in [-0.05, 0) is 36.4 Å². The Labute approximate surface area is 190 Å². The molecule has 158 valence electrons. The summed E-state index contributed by atoms with van der Waals surface area (Å²) < 4.78 is 15.6. The highest BCUT2D eigenvalue weighted by Crippen LogP contribution is 2.45. The Hall–Kier alpha value is -3.62. The number of carbonyl (C=O) groups is 2. The smallest absolute Gasteiger partial charge is 0.301 e. The van der Waals surface area contributed by atoms with Crippen LogP contribution in [0, 0.1) is 5.82 Å². The Balaban J connectivity index is 1.76. The standard InChI is InChI=1S/C23H13ClFN3O3S/c24-13-5-6-16-17(11-13)32-23(27-16)28-19(14-3-1-2-4-15(14)25)18(21(30)22(28)31)20(29)12-7-9-26-10-8-12/h1-11,19,29H. The molecule has 32 heavy (non-hydrogen) atoms. The number of fused-ring (bicyclic) bond motifs is 1. The van der Waals surface area contributed by atoms with Gasteiger partial charge in [0.25, 0.3) is 5.78 Å². The van der Waals surface area contributed by atoms with E-state index in [-0.39, 0.29) is 21.8 Å². The van der Waals surface area contributed by atoms with Crippen LogP contribution < -0.4 is 4.90 Å². The molecule has 2 aromatic heterocycles. The number of hydrogen-bond acceptors (Lipinski definition) is 6. The van der Waals surface area contributed by atoms with Crippen LogP contribution >= 0.6 is 22.9 Å². The highest BCUT2D eigenvalue weighted by molar-refractivity contribution is 7.22. The lowest BCUT2D eigenvalue weighted by Gasteiger charge is -2.23. The number of amides is 1. The summed E-state index contributed by atoms with van der Waals surface area (Å²) in [6.07, 6.45) is 2.89. The van der Waals surface area contributed by atoms with E-state index in [1.54, 1.807) is 24.3 Å². The number of rotatable bonds is 3. The van der Waals surface area contributed by atoms with Gasteiger partial charge in [0.2, 0.25) is 0 Å². The molecule has 5 rings (SSSR count). The maximum absolute atomic E-state index is 14.9. The summed E-state index contributed by atoms with van der Waals surface area (Å²) in [6.45, 7) is 0. The average molecular weight is 466 g/mol. The monoisotopic (exact) mass is 465 g/mol. The van der Waals surface area contributed by atoms with Gasteiger partial charge >= 0.3 is 5.91 Å². The minimum absolute atomic E-state index is 0.0691. The van der Waals surface area contributed by atoms with E-state index in [2.05, 4.69) is 9.97 Å². The van der Waals surface area contributed by atoms with Crippen molar-refractivity contribution in [3.8, 4) is 0 Å². The van der Waals surface area contributed by atoms with E-state index in [9.17, 15) is 19.1 Å². The summed E-state index contributed by atoms with van der Waals surface area (Å²) >= 11 is 7.22. The van der Waals surface area contributed by atoms with Gasteiger partial charge in [-0.3, -0.25) is 19.5 Å². The van der Waals surface area contributed by atoms with Gasteiger partial charge in [0, 0.05) is 28.5 Å². The number of hydrogen-bond donors (Lipinski definition) is 1. The topological polar surface area (TPSA) is 83.4 Å². The van der Waals surface area contributed by atoms with E-state index in [1.165, 1.54) is 42.7 Å². The molecule has 6 nitrogen and oxygen atoms in total. The first-order valence-electron chi connectivity index (χ1n) is 9.47. The Kier molecular flexibility index (Phi) is 4.96. The van der Waals surface area contributed by atoms with E-state index in [0.717, 1.165) is 16.2 Å². The van der Waals surface area contributed by atoms with Gasteiger partial charge in [-0.2, -0.15) is 0 Å². The van der Waals surface area contributed by atoms with Crippen LogP contribution in [0.5, 0.6) is 0 Å². The summed E-state index contributed by atoms with van der Waals surface area (Å²) in [4.78, 5) is 35.7. The zero-order valence-corrected chi connectivity index (χ0v) is 17.8. The van der Waals surface area contributed by atoms with E-state index in [4.69, 9.17) is 11.6 Å². The highest BCUT2D eigenvalue weighted by atomic mass is 35.5. The fourth-order valence-electron chi connectivity index (χ4n) is 3.68. The molecule has 9 heteroatoms. The Morgan fingerprint density at radius 2 is 1.84 bits per heavy atom. The molecule has 2 aromatic carbocycles. The van der Waals surface area contributed by atoms with E-state index >= 15 is 0 Å². The van der Waals surface area contributed by atoms with Crippen LogP contribution in [0.25, 0.3) is 16.0 Å². The van der Waals surface area contributed by atoms with Crippen LogP contribution in [0.4, 0.5) is 9.52 Å². The summed E-state index contributed by atoms with van der Waals surface area (Å²) in [7, 11) is 0. The van der Waals surface area contributed by atoms with Crippen molar-refractivity contribution in [2.24, 2.45) is 0 Å². The van der Waals surface area contributed by atoms with Crippen molar-refractivity contribution in [2.75, 3.05) is 4.90 Å². The van der Waals surface area contributed by atoms with Crippen molar-refractivity contribution < 1.29 is 19.1 Å². The highest BCUT2D eigenvalue weighted by Gasteiger charge is 2.49. The van der Waals surface area contributed by atoms with Gasteiger partial charge in [0.05, 0.1) is 15.8 Å². The van der Waals surface area contributed by atoms with Gasteiger partial charge in [-0.1, -0.05) is 41.1 Å². The van der Waals surface area contributed by atoms with Crippen LogP contribution in [0.2, 0.25) is 5.02 Å². The zero-order valence-electron chi connectivity index (χ0n) is 16.2. The summed E-state index contributed by atoms with van der Waals surface area (Å²) in [5.74, 6) is -2.86. The van der Waals surface area contributed by atoms with Crippen molar-refractivity contribution in [3.05, 3.63) is 94.5 Å². The maximum atomic E-state index is 14.9. The van der Waals surface area contributed by atoms with Gasteiger partial charge in [-0.15, -0.1) is 0 Å². The molecular weight excluding hydrogens is 453 g/mol. The fraction of sp³-hybridized carbons (Fsp3) is 0.0435. The molecule has 0 radical (unpaired) electrons. The van der Waals surface area contributed by atoms with Crippen LogP contribution in [-0.2, 0) is 9.59 Å². The van der Waals surface area contributed by atoms with E-state index in [1.807, 2.05) is 0 Å². The van der Waals surface area contributed by atoms with Crippen molar-refractivity contribution in [3.63, 3.8) is 0 Å². The SMILES string of the molecule is O=C1C(=O)N(c2nc3ccc(Cl)cc3s2)C(c2ccccc2F)C1=C(O)c1ccncc1. The second-order valence-electron chi connectivity index (χ2n) is 7.03. The van der Waals surface area contributed by atoms with Gasteiger partial charge in [-0.25, -0.2) is 9.37 Å². The molecule has 1 N–H and O–H groups in total. The number of aromatic nitrogens is 2. The van der Waals surface area contributed by atoms with Gasteiger partial charge in [0.15, 0.2) is 5.13 Å². The quantitative estimate of drug-likeness (QED) is 0.258. The van der Waals surface area contributed by atoms with Crippen LogP contribution in [0.15, 0.2) is 72.6 Å². The zero-order chi connectivity index (χ0) is 22.4. The van der Waals surface area contributed by atoms with E-state index in [0.29, 0.717) is 15.2 Å². The number of nitrogens with zero attached hydrogens (tertiary/aromatic N) is 3. The van der Waals surface area contributed by atoms with Crippen molar-refractivity contribution in [2.45, 2.75) is 6.04 Å². The van der Waals surface area contributed by atoms with Gasteiger partial charge < -0.3 is 5.11 Å². The Bertz CT molecular complexity index is 1420. The minimum atomic E-state index is -1.19. The Morgan fingerprint density at radius 3 is 2.59 bits per heavy atom. The molecule has 1 aliphatic rings. The molecule has 1 unspecified atom stereocenters. The van der Waals surface area contributed by atoms with Crippen molar-refractivity contribution >= 4 is 55.7 Å². The van der Waals surface area contributed by atoms with Gasteiger partial charge in [0.1, 0.15) is 17.6 Å². The van der Waals surface area contributed by atoms with Crippen LogP contribution in [0.1, 0.15) is 17.2 Å². The molecule has 0 spiro atoms. The lowest BCUT2D eigenvalue weighted by molar-refractivity contribution is -0.132. The Morgan fingerprint density at radius 1 is 1.09 bits per heavy atom. The fourth-order valence-corrected chi connectivity index (χ4v) is 4.94. The van der Waals surface area contributed by atoms with Crippen LogP contribution in [-0.4, -0.2) is 26.8 Å². The van der Waals surface area contributed by atoms with Crippen LogP contribution in [0.3, 0.4) is 0 Å². The molecule has 4 aromatic rings. The maximum Gasteiger partial charge on any atom is 0.301 e. The molecule has 0 saturated carbocycles. The third kappa shape index (κ3) is 3.24. The first-order chi connectivity index (χ1) is 15.5. The molecule has 0 bridgehead atoms. The molecule has 3 heterocycles. The first kappa shape index (κ1) is 20.3. The lowest BCUT2D eigenvalue weighted by Crippen LogP contribution is -2.29.